The number of hydrogen-bond donors (Lipinski definition) is 1. The summed E-state index contributed by atoms with van der Waals surface area (Å²) < 4.78 is 15.7. The van der Waals surface area contributed by atoms with Crippen LogP contribution in [0.1, 0.15) is 41.1 Å². The van der Waals surface area contributed by atoms with Crippen molar-refractivity contribution in [2.24, 2.45) is 0 Å². The predicted octanol–water partition coefficient (Wildman–Crippen LogP) is 4.55. The fourth-order valence-electron chi connectivity index (χ4n) is 4.62. The smallest absolute Gasteiger partial charge is 0.170 e. The Morgan fingerprint density at radius 3 is 2.53 bits per heavy atom. The number of thiocarbonyl (C=S) groups is 1. The number of pyridine rings is 1. The van der Waals surface area contributed by atoms with Crippen molar-refractivity contribution >= 4 is 17.3 Å². The van der Waals surface area contributed by atoms with Crippen LogP contribution in [-0.2, 0) is 0 Å². The van der Waals surface area contributed by atoms with Crippen LogP contribution in [0.15, 0.2) is 54.7 Å². The second kappa shape index (κ2) is 9.38. The molecule has 1 saturated heterocycles. The van der Waals surface area contributed by atoms with Gasteiger partial charge in [0.05, 0.1) is 17.8 Å². The van der Waals surface area contributed by atoms with Gasteiger partial charge in [0.1, 0.15) is 5.82 Å². The van der Waals surface area contributed by atoms with Crippen LogP contribution in [0.2, 0.25) is 0 Å². The second-order valence-corrected chi connectivity index (χ2v) is 9.00. The van der Waals surface area contributed by atoms with Crippen LogP contribution >= 0.6 is 12.2 Å². The van der Waals surface area contributed by atoms with Crippen LogP contribution < -0.4 is 5.32 Å². The molecule has 1 aliphatic rings. The van der Waals surface area contributed by atoms with Gasteiger partial charge in [0, 0.05) is 29.8 Å². The van der Waals surface area contributed by atoms with Crippen LogP contribution in [0.5, 0.6) is 0 Å². The van der Waals surface area contributed by atoms with Gasteiger partial charge in [-0.2, -0.15) is 0 Å². The maximum atomic E-state index is 13.5. The molecule has 7 heteroatoms. The van der Waals surface area contributed by atoms with Gasteiger partial charge in [-0.15, -0.1) is 0 Å². The fraction of sp³-hybridized carbons (Fsp3) is 0.360. The zero-order chi connectivity index (χ0) is 22.8. The summed E-state index contributed by atoms with van der Waals surface area (Å²) in [5, 5.41) is 4.29. The molecule has 1 fully saturated rings. The van der Waals surface area contributed by atoms with Crippen molar-refractivity contribution in [3.63, 3.8) is 0 Å². The standard InChI is InChI=1S/C25H30FN5S/c1-17-16-21(18(2)31(17)20-11-9-19(26)10-12-20)24-23(22-8-5-6-13-27-22)28-25(32)30(24)15-7-14-29(3)4/h5-6,8-13,16,23-24H,7,14-15H2,1-4H3,(H,28,32)/t23-,24-/m1/s1. The van der Waals surface area contributed by atoms with E-state index in [-0.39, 0.29) is 17.9 Å². The maximum absolute atomic E-state index is 13.5. The monoisotopic (exact) mass is 451 g/mol. The number of hydrogen-bond acceptors (Lipinski definition) is 3. The predicted molar refractivity (Wildman–Crippen MR) is 131 cm³/mol. The lowest BCUT2D eigenvalue weighted by Crippen LogP contribution is -2.32. The first-order valence-electron chi connectivity index (χ1n) is 10.9. The van der Waals surface area contributed by atoms with Gasteiger partial charge in [-0.25, -0.2) is 4.39 Å². The summed E-state index contributed by atoms with van der Waals surface area (Å²) in [5.74, 6) is -0.232. The van der Waals surface area contributed by atoms with E-state index in [1.165, 1.54) is 17.7 Å². The van der Waals surface area contributed by atoms with E-state index >= 15 is 0 Å². The Bertz CT molecular complexity index is 1080. The summed E-state index contributed by atoms with van der Waals surface area (Å²) in [6.07, 6.45) is 2.84. The second-order valence-electron chi connectivity index (χ2n) is 8.62. The highest BCUT2D eigenvalue weighted by Crippen LogP contribution is 2.41. The minimum atomic E-state index is -0.232. The summed E-state index contributed by atoms with van der Waals surface area (Å²) in [6, 6.07) is 14.9. The van der Waals surface area contributed by atoms with E-state index in [1.54, 1.807) is 0 Å². The molecule has 2 aromatic heterocycles. The summed E-state index contributed by atoms with van der Waals surface area (Å²) in [4.78, 5) is 9.13. The molecule has 0 bridgehead atoms. The molecule has 3 aromatic rings. The molecule has 32 heavy (non-hydrogen) atoms. The molecule has 3 heterocycles. The highest BCUT2D eigenvalue weighted by molar-refractivity contribution is 7.80. The van der Waals surface area contributed by atoms with Crippen molar-refractivity contribution in [3.8, 4) is 5.69 Å². The highest BCUT2D eigenvalue weighted by atomic mass is 32.1. The summed E-state index contributed by atoms with van der Waals surface area (Å²) in [5.41, 5.74) is 5.37. The third-order valence-electron chi connectivity index (χ3n) is 6.08. The normalized spacial score (nSPS) is 18.4. The molecule has 1 aliphatic heterocycles. The Balaban J connectivity index is 1.76. The molecule has 0 aliphatic carbocycles. The number of nitrogens with zero attached hydrogens (tertiary/aromatic N) is 4. The largest absolute Gasteiger partial charge is 0.352 e. The fourth-order valence-corrected chi connectivity index (χ4v) is 4.95. The summed E-state index contributed by atoms with van der Waals surface area (Å²) in [7, 11) is 4.18. The van der Waals surface area contributed by atoms with Crippen molar-refractivity contribution in [1.82, 2.24) is 24.7 Å². The van der Waals surface area contributed by atoms with Crippen molar-refractivity contribution in [1.29, 1.82) is 0 Å². The van der Waals surface area contributed by atoms with E-state index < -0.39 is 0 Å². The van der Waals surface area contributed by atoms with Crippen LogP contribution in [0.25, 0.3) is 5.69 Å². The number of aromatic nitrogens is 2. The lowest BCUT2D eigenvalue weighted by atomic mass is 9.96. The van der Waals surface area contributed by atoms with Crippen molar-refractivity contribution in [2.45, 2.75) is 32.4 Å². The molecule has 5 nitrogen and oxygen atoms in total. The lowest BCUT2D eigenvalue weighted by Gasteiger charge is -2.28. The first-order valence-corrected chi connectivity index (χ1v) is 11.3. The van der Waals surface area contributed by atoms with E-state index in [2.05, 4.69) is 64.7 Å². The van der Waals surface area contributed by atoms with Crippen LogP contribution in [0.4, 0.5) is 4.39 Å². The van der Waals surface area contributed by atoms with Crippen molar-refractivity contribution in [2.75, 3.05) is 27.2 Å². The Kier molecular flexibility index (Phi) is 6.58. The first kappa shape index (κ1) is 22.4. The van der Waals surface area contributed by atoms with Gasteiger partial charge in [0.15, 0.2) is 5.11 Å². The van der Waals surface area contributed by atoms with Crippen LogP contribution in [-0.4, -0.2) is 51.6 Å². The molecule has 0 radical (unpaired) electrons. The number of nitrogens with one attached hydrogen (secondary N) is 1. The van der Waals surface area contributed by atoms with Crippen LogP contribution in [0.3, 0.4) is 0 Å². The van der Waals surface area contributed by atoms with E-state index in [4.69, 9.17) is 12.2 Å². The average Bonchev–Trinajstić information content (AvgIpc) is 3.25. The molecule has 0 saturated carbocycles. The van der Waals surface area contributed by atoms with Gasteiger partial charge >= 0.3 is 0 Å². The average molecular weight is 452 g/mol. The van der Waals surface area contributed by atoms with Crippen molar-refractivity contribution in [3.05, 3.63) is 83.2 Å². The molecule has 0 unspecified atom stereocenters. The third kappa shape index (κ3) is 4.40. The van der Waals surface area contributed by atoms with E-state index in [1.807, 2.05) is 30.5 Å². The third-order valence-corrected chi connectivity index (χ3v) is 6.43. The Labute approximate surface area is 194 Å². The van der Waals surface area contributed by atoms with Gasteiger partial charge in [-0.05, 0) is 101 Å². The number of benzene rings is 1. The van der Waals surface area contributed by atoms with Gasteiger partial charge in [-0.1, -0.05) is 6.07 Å². The van der Waals surface area contributed by atoms with Gasteiger partial charge < -0.3 is 19.7 Å². The van der Waals surface area contributed by atoms with E-state index in [0.717, 1.165) is 47.4 Å². The lowest BCUT2D eigenvalue weighted by molar-refractivity contribution is 0.292. The Morgan fingerprint density at radius 2 is 1.88 bits per heavy atom. The molecule has 168 valence electrons. The number of rotatable bonds is 7. The quantitative estimate of drug-likeness (QED) is 0.533. The maximum Gasteiger partial charge on any atom is 0.170 e. The molecule has 1 aromatic carbocycles. The molecule has 2 atom stereocenters. The molecule has 0 amide bonds. The molecule has 1 N–H and O–H groups in total. The molecule has 0 spiro atoms. The number of halogens is 1. The topological polar surface area (TPSA) is 36.3 Å². The minimum absolute atomic E-state index is 0.0277. The minimum Gasteiger partial charge on any atom is -0.352 e. The Hall–Kier alpha value is -2.77. The van der Waals surface area contributed by atoms with Gasteiger partial charge in [0.25, 0.3) is 0 Å². The van der Waals surface area contributed by atoms with Crippen molar-refractivity contribution < 1.29 is 4.39 Å². The van der Waals surface area contributed by atoms with Gasteiger partial charge in [-0.3, -0.25) is 4.98 Å². The zero-order valence-electron chi connectivity index (χ0n) is 19.0. The van der Waals surface area contributed by atoms with Gasteiger partial charge in [0.2, 0.25) is 0 Å². The first-order chi connectivity index (χ1) is 15.4. The Morgan fingerprint density at radius 1 is 1.12 bits per heavy atom. The molecule has 4 rings (SSSR count). The molecular formula is C25H30FN5S. The zero-order valence-corrected chi connectivity index (χ0v) is 19.9. The molecular weight excluding hydrogens is 421 g/mol. The van der Waals surface area contributed by atoms with Crippen LogP contribution in [0, 0.1) is 19.7 Å². The van der Waals surface area contributed by atoms with E-state index in [0.29, 0.717) is 0 Å². The number of aryl methyl sites for hydroxylation is 1. The SMILES string of the molecule is Cc1cc([C@@H]2[C@@H](c3ccccn3)NC(=S)N2CCCN(C)C)c(C)n1-c1ccc(F)cc1. The highest BCUT2D eigenvalue weighted by Gasteiger charge is 2.41. The summed E-state index contributed by atoms with van der Waals surface area (Å²) in [6.45, 7) is 6.07. The summed E-state index contributed by atoms with van der Waals surface area (Å²) >= 11 is 5.79. The van der Waals surface area contributed by atoms with E-state index in [9.17, 15) is 4.39 Å².